The predicted molar refractivity (Wildman–Crippen MR) is 109 cm³/mol. The Morgan fingerprint density at radius 2 is 1.73 bits per heavy atom. The number of anilines is 2. The molecule has 5 nitrogen and oxygen atoms in total. The monoisotopic (exact) mass is 417 g/mol. The van der Waals surface area contributed by atoms with Crippen LogP contribution in [0, 0.1) is 0 Å². The SMILES string of the molecule is CCc1ccccc1NC(=O)CN(C)[C@@H](C)C(=O)Nc1ccc(Br)cc1. The highest BCUT2D eigenvalue weighted by atomic mass is 79.9. The van der Waals surface area contributed by atoms with Gasteiger partial charge >= 0.3 is 0 Å². The van der Waals surface area contributed by atoms with Crippen LogP contribution in [-0.2, 0) is 16.0 Å². The summed E-state index contributed by atoms with van der Waals surface area (Å²) in [6.07, 6.45) is 0.846. The summed E-state index contributed by atoms with van der Waals surface area (Å²) in [6.45, 7) is 3.96. The van der Waals surface area contributed by atoms with Gasteiger partial charge in [-0.15, -0.1) is 0 Å². The number of carbonyl (C=O) groups is 2. The number of carbonyl (C=O) groups excluding carboxylic acids is 2. The Labute approximate surface area is 162 Å². The number of amides is 2. The fraction of sp³-hybridized carbons (Fsp3) is 0.300. The lowest BCUT2D eigenvalue weighted by Crippen LogP contribution is -2.43. The fourth-order valence-electron chi connectivity index (χ4n) is 2.48. The summed E-state index contributed by atoms with van der Waals surface area (Å²) in [6, 6.07) is 14.7. The van der Waals surface area contributed by atoms with Crippen molar-refractivity contribution in [3.05, 3.63) is 58.6 Å². The van der Waals surface area contributed by atoms with Crippen LogP contribution < -0.4 is 10.6 Å². The van der Waals surface area contributed by atoms with Crippen LogP contribution in [0.5, 0.6) is 0 Å². The average Bonchev–Trinajstić information content (AvgIpc) is 2.63. The number of nitrogens with one attached hydrogen (secondary N) is 2. The quantitative estimate of drug-likeness (QED) is 0.717. The second kappa shape index (κ2) is 9.50. The number of halogens is 1. The lowest BCUT2D eigenvalue weighted by molar-refractivity contribution is -0.122. The molecule has 0 saturated heterocycles. The summed E-state index contributed by atoms with van der Waals surface area (Å²) < 4.78 is 0.949. The Hall–Kier alpha value is -2.18. The molecular weight excluding hydrogens is 394 g/mol. The molecule has 138 valence electrons. The van der Waals surface area contributed by atoms with Crippen LogP contribution in [0.2, 0.25) is 0 Å². The van der Waals surface area contributed by atoms with E-state index in [4.69, 9.17) is 0 Å². The first-order valence-electron chi connectivity index (χ1n) is 8.55. The third kappa shape index (κ3) is 5.68. The van der Waals surface area contributed by atoms with Crippen molar-refractivity contribution in [1.82, 2.24) is 4.90 Å². The minimum absolute atomic E-state index is 0.132. The van der Waals surface area contributed by atoms with Crippen LogP contribution in [0.1, 0.15) is 19.4 Å². The molecular formula is C20H24BrN3O2. The van der Waals surface area contributed by atoms with Gasteiger partial charge in [0.05, 0.1) is 12.6 Å². The van der Waals surface area contributed by atoms with E-state index in [0.29, 0.717) is 0 Å². The third-order valence-electron chi connectivity index (χ3n) is 4.22. The van der Waals surface area contributed by atoms with Crippen LogP contribution in [0.3, 0.4) is 0 Å². The highest BCUT2D eigenvalue weighted by molar-refractivity contribution is 9.10. The first kappa shape index (κ1) is 20.1. The van der Waals surface area contributed by atoms with Crippen molar-refractivity contribution in [2.75, 3.05) is 24.2 Å². The van der Waals surface area contributed by atoms with Gasteiger partial charge in [0.1, 0.15) is 0 Å². The fourth-order valence-corrected chi connectivity index (χ4v) is 2.75. The van der Waals surface area contributed by atoms with E-state index >= 15 is 0 Å². The van der Waals surface area contributed by atoms with Gasteiger partial charge in [-0.1, -0.05) is 41.1 Å². The van der Waals surface area contributed by atoms with Crippen LogP contribution in [0.4, 0.5) is 11.4 Å². The van der Waals surface area contributed by atoms with E-state index in [0.717, 1.165) is 27.8 Å². The number of hydrogen-bond acceptors (Lipinski definition) is 3. The second-order valence-electron chi connectivity index (χ2n) is 6.15. The van der Waals surface area contributed by atoms with Crippen molar-refractivity contribution >= 4 is 39.1 Å². The first-order valence-corrected chi connectivity index (χ1v) is 9.34. The molecule has 0 aromatic heterocycles. The zero-order valence-corrected chi connectivity index (χ0v) is 16.8. The molecule has 2 rings (SSSR count). The third-order valence-corrected chi connectivity index (χ3v) is 4.75. The summed E-state index contributed by atoms with van der Waals surface area (Å²) in [5.41, 5.74) is 2.63. The molecule has 0 fully saturated rings. The van der Waals surface area contributed by atoms with Crippen molar-refractivity contribution < 1.29 is 9.59 Å². The van der Waals surface area contributed by atoms with Crippen molar-refractivity contribution in [2.24, 2.45) is 0 Å². The maximum atomic E-state index is 12.4. The largest absolute Gasteiger partial charge is 0.325 e. The molecule has 26 heavy (non-hydrogen) atoms. The van der Waals surface area contributed by atoms with Crippen molar-refractivity contribution in [2.45, 2.75) is 26.3 Å². The molecule has 2 aromatic rings. The first-order chi connectivity index (χ1) is 12.4. The van der Waals surface area contributed by atoms with Gasteiger partial charge in [0.2, 0.25) is 11.8 Å². The minimum atomic E-state index is -0.439. The van der Waals surface area contributed by atoms with Crippen LogP contribution in [0.15, 0.2) is 53.0 Å². The van der Waals surface area contributed by atoms with Crippen molar-refractivity contribution in [3.8, 4) is 0 Å². The number of likely N-dealkylation sites (N-methyl/N-ethyl adjacent to an activating group) is 1. The number of hydrogen-bond donors (Lipinski definition) is 2. The number of aryl methyl sites for hydroxylation is 1. The zero-order chi connectivity index (χ0) is 19.1. The number of nitrogens with zero attached hydrogens (tertiary/aromatic N) is 1. The molecule has 1 atom stereocenters. The summed E-state index contributed by atoms with van der Waals surface area (Å²) >= 11 is 3.36. The second-order valence-corrected chi connectivity index (χ2v) is 7.06. The van der Waals surface area contributed by atoms with Gasteiger partial charge in [-0.2, -0.15) is 0 Å². The van der Waals surface area contributed by atoms with Gasteiger partial charge in [0.25, 0.3) is 0 Å². The van der Waals surface area contributed by atoms with Gasteiger partial charge in [0.15, 0.2) is 0 Å². The van der Waals surface area contributed by atoms with E-state index < -0.39 is 6.04 Å². The summed E-state index contributed by atoms with van der Waals surface area (Å²) in [5.74, 6) is -0.298. The maximum Gasteiger partial charge on any atom is 0.241 e. The zero-order valence-electron chi connectivity index (χ0n) is 15.3. The molecule has 2 N–H and O–H groups in total. The Bertz CT molecular complexity index is 762. The van der Waals surface area contributed by atoms with E-state index in [2.05, 4.69) is 26.6 Å². The van der Waals surface area contributed by atoms with Gasteiger partial charge in [0, 0.05) is 15.8 Å². The number of para-hydroxylation sites is 1. The average molecular weight is 418 g/mol. The summed E-state index contributed by atoms with van der Waals surface area (Å²) in [4.78, 5) is 26.4. The summed E-state index contributed by atoms with van der Waals surface area (Å²) in [5, 5.41) is 5.78. The molecule has 0 aliphatic rings. The maximum absolute atomic E-state index is 12.4. The Balaban J connectivity index is 1.90. The Kier molecular flexibility index (Phi) is 7.36. The molecule has 0 saturated carbocycles. The minimum Gasteiger partial charge on any atom is -0.325 e. The van der Waals surface area contributed by atoms with E-state index in [1.165, 1.54) is 0 Å². The molecule has 0 bridgehead atoms. The lowest BCUT2D eigenvalue weighted by Gasteiger charge is -2.23. The smallest absolute Gasteiger partial charge is 0.241 e. The topological polar surface area (TPSA) is 61.4 Å². The summed E-state index contributed by atoms with van der Waals surface area (Å²) in [7, 11) is 1.76. The predicted octanol–water partition coefficient (Wildman–Crippen LogP) is 3.91. The van der Waals surface area contributed by atoms with Gasteiger partial charge in [-0.25, -0.2) is 0 Å². The van der Waals surface area contributed by atoms with E-state index in [-0.39, 0.29) is 18.4 Å². The number of benzene rings is 2. The van der Waals surface area contributed by atoms with E-state index in [1.54, 1.807) is 18.9 Å². The van der Waals surface area contributed by atoms with Crippen molar-refractivity contribution in [1.29, 1.82) is 0 Å². The molecule has 0 radical (unpaired) electrons. The normalized spacial score (nSPS) is 11.9. The molecule has 2 aromatic carbocycles. The standard InChI is InChI=1S/C20H24BrN3O2/c1-4-15-7-5-6-8-18(15)23-19(25)13-24(3)14(2)20(26)22-17-11-9-16(21)10-12-17/h5-12,14H,4,13H2,1-3H3,(H,22,26)(H,23,25)/t14-/m0/s1. The highest BCUT2D eigenvalue weighted by Crippen LogP contribution is 2.16. The van der Waals surface area contributed by atoms with Gasteiger partial charge in [-0.3, -0.25) is 14.5 Å². The van der Waals surface area contributed by atoms with Crippen LogP contribution in [-0.4, -0.2) is 36.3 Å². The number of rotatable bonds is 7. The van der Waals surface area contributed by atoms with Gasteiger partial charge < -0.3 is 10.6 Å². The van der Waals surface area contributed by atoms with E-state index in [1.807, 2.05) is 55.5 Å². The highest BCUT2D eigenvalue weighted by Gasteiger charge is 2.20. The molecule has 0 heterocycles. The molecule has 2 amide bonds. The molecule has 0 unspecified atom stereocenters. The molecule has 0 aliphatic carbocycles. The molecule has 0 spiro atoms. The van der Waals surface area contributed by atoms with Crippen LogP contribution >= 0.6 is 15.9 Å². The molecule has 6 heteroatoms. The van der Waals surface area contributed by atoms with Gasteiger partial charge in [-0.05, 0) is 56.3 Å². The Morgan fingerprint density at radius 1 is 1.08 bits per heavy atom. The lowest BCUT2D eigenvalue weighted by atomic mass is 10.1. The Morgan fingerprint density at radius 3 is 2.38 bits per heavy atom. The molecule has 0 aliphatic heterocycles. The van der Waals surface area contributed by atoms with Crippen molar-refractivity contribution in [3.63, 3.8) is 0 Å². The van der Waals surface area contributed by atoms with Crippen LogP contribution in [0.25, 0.3) is 0 Å². The van der Waals surface area contributed by atoms with E-state index in [9.17, 15) is 9.59 Å².